The van der Waals surface area contributed by atoms with Gasteiger partial charge in [-0.1, -0.05) is 18.7 Å². The van der Waals surface area contributed by atoms with Gasteiger partial charge in [0.25, 0.3) is 0 Å². The van der Waals surface area contributed by atoms with Crippen molar-refractivity contribution >= 4 is 5.91 Å². The highest BCUT2D eigenvalue weighted by Gasteiger charge is 1.95. The molecule has 1 N–H and O–H groups in total. The molecule has 2 heteroatoms. The van der Waals surface area contributed by atoms with Crippen molar-refractivity contribution < 1.29 is 4.79 Å². The molecule has 0 heterocycles. The maximum atomic E-state index is 10.4. The molecule has 10 heavy (non-hydrogen) atoms. The molecule has 0 spiro atoms. The summed E-state index contributed by atoms with van der Waals surface area (Å²) in [5.74, 6) is -0.0775. The van der Waals surface area contributed by atoms with E-state index in [0.29, 0.717) is 12.1 Å². The molecular formula is C8H13NO. The third-order valence-electron chi connectivity index (χ3n) is 0.868. The van der Waals surface area contributed by atoms with Gasteiger partial charge in [0.15, 0.2) is 0 Å². The molecule has 0 rings (SSSR count). The molecule has 0 saturated heterocycles. The predicted molar refractivity (Wildman–Crippen MR) is 42.4 cm³/mol. The Morgan fingerprint density at radius 3 is 2.20 bits per heavy atom. The highest BCUT2D eigenvalue weighted by molar-refractivity contribution is 5.74. The van der Waals surface area contributed by atoms with Gasteiger partial charge in [0.1, 0.15) is 0 Å². The quantitative estimate of drug-likeness (QED) is 0.591. The van der Waals surface area contributed by atoms with E-state index >= 15 is 0 Å². The van der Waals surface area contributed by atoms with Crippen LogP contribution in [0.4, 0.5) is 0 Å². The molecule has 0 unspecified atom stereocenters. The Hall–Kier alpha value is -1.05. The van der Waals surface area contributed by atoms with Crippen LogP contribution in [0.15, 0.2) is 24.4 Å². The number of carbonyl (C=O) groups excluding carboxylic acids is 1. The Kier molecular flexibility index (Phi) is 3.47. The molecule has 0 aliphatic rings. The highest BCUT2D eigenvalue weighted by Crippen LogP contribution is 2.01. The van der Waals surface area contributed by atoms with Gasteiger partial charge in [0.2, 0.25) is 5.91 Å². The minimum Gasteiger partial charge on any atom is -0.330 e. The molecular weight excluding hydrogens is 126 g/mol. The van der Waals surface area contributed by atoms with Crippen molar-refractivity contribution in [2.45, 2.75) is 20.3 Å². The van der Waals surface area contributed by atoms with Crippen LogP contribution in [0.3, 0.4) is 0 Å². The Bertz CT molecular complexity index is 152. The van der Waals surface area contributed by atoms with Gasteiger partial charge in [-0.15, -0.1) is 0 Å². The minimum absolute atomic E-state index is 0.0775. The Morgan fingerprint density at radius 1 is 1.40 bits per heavy atom. The van der Waals surface area contributed by atoms with Crippen LogP contribution in [0.1, 0.15) is 20.3 Å². The van der Waals surface area contributed by atoms with Crippen molar-refractivity contribution in [3.8, 4) is 0 Å². The van der Waals surface area contributed by atoms with Gasteiger partial charge in [0, 0.05) is 19.0 Å². The first-order valence-electron chi connectivity index (χ1n) is 3.12. The second kappa shape index (κ2) is 3.88. The van der Waals surface area contributed by atoms with E-state index in [-0.39, 0.29) is 5.91 Å². The van der Waals surface area contributed by atoms with Crippen molar-refractivity contribution in [3.05, 3.63) is 24.4 Å². The molecule has 1 amide bonds. The Morgan fingerprint density at radius 2 is 1.90 bits per heavy atom. The smallest absolute Gasteiger partial charge is 0.220 e. The van der Waals surface area contributed by atoms with Crippen LogP contribution in [0.25, 0.3) is 0 Å². The Balaban J connectivity index is 3.65. The van der Waals surface area contributed by atoms with Crippen LogP contribution < -0.4 is 5.32 Å². The number of allylic oxidation sites excluding steroid dienone is 1. The zero-order chi connectivity index (χ0) is 8.15. The minimum atomic E-state index is -0.0775. The zero-order valence-corrected chi connectivity index (χ0v) is 6.53. The molecule has 0 atom stereocenters. The molecule has 0 radical (unpaired) electrons. The average molecular weight is 139 g/mol. The van der Waals surface area contributed by atoms with Crippen LogP contribution in [0.5, 0.6) is 0 Å². The van der Waals surface area contributed by atoms with E-state index < -0.39 is 0 Å². The Labute approximate surface area is 61.6 Å². The van der Waals surface area contributed by atoms with Gasteiger partial charge in [-0.05, 0) is 6.92 Å². The summed E-state index contributed by atoms with van der Waals surface area (Å²) in [5.41, 5.74) is 1.71. The van der Waals surface area contributed by atoms with Crippen molar-refractivity contribution in [1.82, 2.24) is 5.32 Å². The SMILES string of the molecule is C=C(C)CC(=C)NC(C)=O. The van der Waals surface area contributed by atoms with E-state index in [0.717, 1.165) is 5.57 Å². The lowest BCUT2D eigenvalue weighted by Gasteiger charge is -2.03. The maximum Gasteiger partial charge on any atom is 0.220 e. The molecule has 0 saturated carbocycles. The number of amides is 1. The van der Waals surface area contributed by atoms with Crippen LogP contribution >= 0.6 is 0 Å². The summed E-state index contributed by atoms with van der Waals surface area (Å²) in [7, 11) is 0. The first-order valence-corrected chi connectivity index (χ1v) is 3.12. The second-order valence-electron chi connectivity index (χ2n) is 2.42. The van der Waals surface area contributed by atoms with Crippen LogP contribution in [-0.4, -0.2) is 5.91 Å². The number of hydrogen-bond acceptors (Lipinski definition) is 1. The van der Waals surface area contributed by atoms with Crippen molar-refractivity contribution in [2.75, 3.05) is 0 Å². The monoisotopic (exact) mass is 139 g/mol. The van der Waals surface area contributed by atoms with E-state index in [9.17, 15) is 4.79 Å². The fourth-order valence-electron chi connectivity index (χ4n) is 0.657. The number of rotatable bonds is 3. The molecule has 0 aliphatic carbocycles. The molecule has 0 aromatic rings. The van der Waals surface area contributed by atoms with Gasteiger partial charge < -0.3 is 5.32 Å². The standard InChI is InChI=1S/C8H13NO/c1-6(2)5-7(3)9-8(4)10/h1,3,5H2,2,4H3,(H,9,10). The third-order valence-corrected chi connectivity index (χ3v) is 0.868. The summed E-state index contributed by atoms with van der Waals surface area (Å²) < 4.78 is 0. The van der Waals surface area contributed by atoms with Crippen LogP contribution in [0.2, 0.25) is 0 Å². The summed E-state index contributed by atoms with van der Waals surface area (Å²) >= 11 is 0. The molecule has 56 valence electrons. The third kappa shape index (κ3) is 5.09. The lowest BCUT2D eigenvalue weighted by atomic mass is 10.2. The fourth-order valence-corrected chi connectivity index (χ4v) is 0.657. The average Bonchev–Trinajstić information content (AvgIpc) is 1.58. The van der Waals surface area contributed by atoms with Gasteiger partial charge in [-0.3, -0.25) is 4.79 Å². The van der Waals surface area contributed by atoms with Crippen LogP contribution in [-0.2, 0) is 4.79 Å². The first-order chi connectivity index (χ1) is 4.52. The van der Waals surface area contributed by atoms with Gasteiger partial charge in [-0.2, -0.15) is 0 Å². The second-order valence-corrected chi connectivity index (χ2v) is 2.42. The van der Waals surface area contributed by atoms with Crippen LogP contribution in [0, 0.1) is 0 Å². The predicted octanol–water partition coefficient (Wildman–Crippen LogP) is 1.60. The normalized spacial score (nSPS) is 8.60. The van der Waals surface area contributed by atoms with E-state index in [1.54, 1.807) is 0 Å². The molecule has 0 aliphatic heterocycles. The van der Waals surface area contributed by atoms with E-state index in [1.807, 2.05) is 6.92 Å². The van der Waals surface area contributed by atoms with E-state index in [2.05, 4.69) is 18.5 Å². The lowest BCUT2D eigenvalue weighted by molar-refractivity contribution is -0.118. The highest BCUT2D eigenvalue weighted by atomic mass is 16.1. The summed E-state index contributed by atoms with van der Waals surface area (Å²) in [6.07, 6.45) is 0.666. The molecule has 2 nitrogen and oxygen atoms in total. The molecule has 0 bridgehead atoms. The topological polar surface area (TPSA) is 29.1 Å². The van der Waals surface area contributed by atoms with Gasteiger partial charge >= 0.3 is 0 Å². The van der Waals surface area contributed by atoms with Gasteiger partial charge in [0.05, 0.1) is 0 Å². The molecule has 0 aromatic carbocycles. The largest absolute Gasteiger partial charge is 0.330 e. The molecule has 0 aromatic heterocycles. The van der Waals surface area contributed by atoms with Crippen molar-refractivity contribution in [2.24, 2.45) is 0 Å². The van der Waals surface area contributed by atoms with Crippen molar-refractivity contribution in [3.63, 3.8) is 0 Å². The van der Waals surface area contributed by atoms with Gasteiger partial charge in [-0.25, -0.2) is 0 Å². The lowest BCUT2D eigenvalue weighted by Crippen LogP contribution is -2.18. The number of nitrogens with one attached hydrogen (secondary N) is 1. The summed E-state index contributed by atoms with van der Waals surface area (Å²) in [5, 5.41) is 2.58. The first kappa shape index (κ1) is 8.95. The van der Waals surface area contributed by atoms with E-state index in [4.69, 9.17) is 0 Å². The molecule has 0 fully saturated rings. The number of carbonyl (C=O) groups is 1. The maximum absolute atomic E-state index is 10.4. The number of hydrogen-bond donors (Lipinski definition) is 1. The summed E-state index contributed by atoms with van der Waals surface area (Å²) in [4.78, 5) is 10.4. The van der Waals surface area contributed by atoms with E-state index in [1.165, 1.54) is 6.92 Å². The fraction of sp³-hybridized carbons (Fsp3) is 0.375. The summed E-state index contributed by atoms with van der Waals surface area (Å²) in [6.45, 7) is 10.7. The van der Waals surface area contributed by atoms with Crippen molar-refractivity contribution in [1.29, 1.82) is 0 Å². The zero-order valence-electron chi connectivity index (χ0n) is 6.53. The summed E-state index contributed by atoms with van der Waals surface area (Å²) in [6, 6.07) is 0.